The Morgan fingerprint density at radius 1 is 1.11 bits per heavy atom. The smallest absolute Gasteiger partial charge is 0.189 e. The molecule has 0 aliphatic heterocycles. The van der Waals surface area contributed by atoms with Crippen LogP contribution in [0.1, 0.15) is 16.7 Å². The summed E-state index contributed by atoms with van der Waals surface area (Å²) < 4.78 is 17.6. The summed E-state index contributed by atoms with van der Waals surface area (Å²) in [6, 6.07) is 10.3. The Morgan fingerprint density at radius 2 is 1.86 bits per heavy atom. The fraction of sp³-hybridized carbons (Fsp3) is 0.364. The summed E-state index contributed by atoms with van der Waals surface area (Å²) in [5.41, 5.74) is 3.02. The SMILES string of the molecule is COc1cc(/C=C/c2cc(OCOCC[Si](C)(C)C)cc(C)c2Br)ccc1O. The lowest BCUT2D eigenvalue weighted by Gasteiger charge is -2.16. The molecule has 6 heteroatoms. The van der Waals surface area contributed by atoms with Crippen molar-refractivity contribution >= 4 is 36.2 Å². The lowest BCUT2D eigenvalue weighted by molar-refractivity contribution is 0.0220. The Kier molecular flexibility index (Phi) is 8.16. The van der Waals surface area contributed by atoms with Crippen LogP contribution in [0.2, 0.25) is 25.7 Å². The predicted molar refractivity (Wildman–Crippen MR) is 122 cm³/mol. The number of rotatable bonds is 9. The quantitative estimate of drug-likeness (QED) is 0.203. The van der Waals surface area contributed by atoms with E-state index in [1.165, 1.54) is 7.11 Å². The molecule has 0 fully saturated rings. The first-order valence-electron chi connectivity index (χ1n) is 9.25. The first kappa shape index (κ1) is 22.5. The van der Waals surface area contributed by atoms with Crippen molar-refractivity contribution in [1.82, 2.24) is 0 Å². The third-order valence-corrected chi connectivity index (χ3v) is 7.01. The Morgan fingerprint density at radius 3 is 2.54 bits per heavy atom. The number of phenols is 1. The minimum atomic E-state index is -1.09. The number of methoxy groups -OCH3 is 1. The molecular formula is C22H29BrO4Si. The highest BCUT2D eigenvalue weighted by Crippen LogP contribution is 2.30. The fourth-order valence-electron chi connectivity index (χ4n) is 2.50. The van der Waals surface area contributed by atoms with Gasteiger partial charge in [-0.15, -0.1) is 0 Å². The highest BCUT2D eigenvalue weighted by Gasteiger charge is 2.12. The molecule has 0 aliphatic rings. The lowest BCUT2D eigenvalue weighted by Crippen LogP contribution is -2.22. The van der Waals surface area contributed by atoms with Crippen molar-refractivity contribution in [3.63, 3.8) is 0 Å². The average Bonchev–Trinajstić information content (AvgIpc) is 2.63. The van der Waals surface area contributed by atoms with Crippen molar-refractivity contribution in [2.45, 2.75) is 32.6 Å². The highest BCUT2D eigenvalue weighted by molar-refractivity contribution is 9.10. The Bertz CT molecular complexity index is 828. The first-order chi connectivity index (χ1) is 13.2. The molecular weight excluding hydrogens is 436 g/mol. The maximum absolute atomic E-state index is 9.72. The third kappa shape index (κ3) is 7.00. The maximum atomic E-state index is 9.72. The standard InChI is InChI=1S/C22H29BrO4Si/c1-16-12-19(27-15-26-10-11-28(3,4)5)14-18(22(16)23)8-6-17-7-9-20(24)21(13-17)25-2/h6-9,12-14,24H,10-11,15H2,1-5H3/b8-6+. The minimum Gasteiger partial charge on any atom is -0.504 e. The van der Waals surface area contributed by atoms with E-state index in [2.05, 4.69) is 35.6 Å². The third-order valence-electron chi connectivity index (χ3n) is 4.22. The van der Waals surface area contributed by atoms with Gasteiger partial charge in [0.1, 0.15) is 5.75 Å². The average molecular weight is 465 g/mol. The number of ether oxygens (including phenoxy) is 3. The Balaban J connectivity index is 2.06. The number of aryl methyl sites for hydroxylation is 1. The van der Waals surface area contributed by atoms with Gasteiger partial charge in [-0.05, 0) is 69.9 Å². The van der Waals surface area contributed by atoms with Crippen molar-refractivity contribution < 1.29 is 19.3 Å². The number of halogens is 1. The number of phenolic OH excluding ortho intramolecular Hbond substituents is 1. The van der Waals surface area contributed by atoms with Gasteiger partial charge >= 0.3 is 0 Å². The summed E-state index contributed by atoms with van der Waals surface area (Å²) in [5.74, 6) is 1.35. The molecule has 28 heavy (non-hydrogen) atoms. The predicted octanol–water partition coefficient (Wildman–Crippen LogP) is 6.33. The van der Waals surface area contributed by atoms with Gasteiger partial charge in [-0.2, -0.15) is 0 Å². The van der Waals surface area contributed by atoms with E-state index in [0.29, 0.717) is 5.75 Å². The topological polar surface area (TPSA) is 47.9 Å². The monoisotopic (exact) mass is 464 g/mol. The van der Waals surface area contributed by atoms with Gasteiger partial charge in [0.15, 0.2) is 18.3 Å². The maximum Gasteiger partial charge on any atom is 0.189 e. The summed E-state index contributed by atoms with van der Waals surface area (Å²) in [4.78, 5) is 0. The van der Waals surface area contributed by atoms with Crippen LogP contribution in [0, 0.1) is 6.92 Å². The molecule has 2 aromatic rings. The van der Waals surface area contributed by atoms with Gasteiger partial charge in [0.05, 0.1) is 7.11 Å². The van der Waals surface area contributed by atoms with E-state index in [-0.39, 0.29) is 12.5 Å². The minimum absolute atomic E-state index is 0.126. The Labute approximate surface area is 177 Å². The van der Waals surface area contributed by atoms with Crippen LogP contribution in [0.5, 0.6) is 17.2 Å². The van der Waals surface area contributed by atoms with E-state index in [1.54, 1.807) is 12.1 Å². The molecule has 1 N–H and O–H groups in total. The van der Waals surface area contributed by atoms with Gasteiger partial charge in [0, 0.05) is 19.2 Å². The molecule has 0 atom stereocenters. The fourth-order valence-corrected chi connectivity index (χ4v) is 3.62. The van der Waals surface area contributed by atoms with Crippen LogP contribution < -0.4 is 9.47 Å². The van der Waals surface area contributed by atoms with Crippen molar-refractivity contribution in [2.24, 2.45) is 0 Å². The van der Waals surface area contributed by atoms with Crippen molar-refractivity contribution in [1.29, 1.82) is 0 Å². The largest absolute Gasteiger partial charge is 0.504 e. The molecule has 0 aromatic heterocycles. The summed E-state index contributed by atoms with van der Waals surface area (Å²) >= 11 is 3.64. The zero-order valence-corrected chi connectivity index (χ0v) is 19.8. The summed E-state index contributed by atoms with van der Waals surface area (Å²) in [6.07, 6.45) is 3.97. The molecule has 0 aliphatic carbocycles. The van der Waals surface area contributed by atoms with Crippen LogP contribution in [0.15, 0.2) is 34.8 Å². The van der Waals surface area contributed by atoms with Crippen molar-refractivity contribution in [3.8, 4) is 17.2 Å². The van der Waals surface area contributed by atoms with Crippen molar-refractivity contribution in [3.05, 3.63) is 51.5 Å². The molecule has 0 heterocycles. The summed E-state index contributed by atoms with van der Waals surface area (Å²) in [5, 5.41) is 9.72. The van der Waals surface area contributed by atoms with E-state index in [4.69, 9.17) is 14.2 Å². The van der Waals surface area contributed by atoms with Gasteiger partial charge in [-0.1, -0.05) is 37.9 Å². The lowest BCUT2D eigenvalue weighted by atomic mass is 10.1. The van der Waals surface area contributed by atoms with E-state index in [1.807, 2.05) is 37.3 Å². The second-order valence-electron chi connectivity index (χ2n) is 7.89. The summed E-state index contributed by atoms with van der Waals surface area (Å²) in [7, 11) is 0.451. The van der Waals surface area contributed by atoms with Crippen LogP contribution in [0.25, 0.3) is 12.2 Å². The molecule has 0 amide bonds. The molecule has 152 valence electrons. The number of hydrogen-bond acceptors (Lipinski definition) is 4. The highest BCUT2D eigenvalue weighted by atomic mass is 79.9. The molecule has 0 spiro atoms. The van der Waals surface area contributed by atoms with E-state index in [9.17, 15) is 5.11 Å². The normalized spacial score (nSPS) is 11.8. The molecule has 2 aromatic carbocycles. The summed E-state index contributed by atoms with van der Waals surface area (Å²) in [6.45, 7) is 10.0. The second-order valence-corrected chi connectivity index (χ2v) is 14.3. The van der Waals surface area contributed by atoms with Gasteiger partial charge in [0.25, 0.3) is 0 Å². The van der Waals surface area contributed by atoms with Gasteiger partial charge < -0.3 is 19.3 Å². The van der Waals surface area contributed by atoms with E-state index >= 15 is 0 Å². The van der Waals surface area contributed by atoms with E-state index < -0.39 is 8.07 Å². The molecule has 0 bridgehead atoms. The number of benzene rings is 2. The Hall–Kier alpha value is -1.76. The second kappa shape index (κ2) is 10.1. The van der Waals surface area contributed by atoms with Crippen LogP contribution in [0.4, 0.5) is 0 Å². The zero-order valence-electron chi connectivity index (χ0n) is 17.2. The van der Waals surface area contributed by atoms with Gasteiger partial charge in [0.2, 0.25) is 0 Å². The van der Waals surface area contributed by atoms with Gasteiger partial charge in [-0.3, -0.25) is 0 Å². The van der Waals surface area contributed by atoms with Crippen LogP contribution in [-0.4, -0.2) is 33.7 Å². The van der Waals surface area contributed by atoms with Crippen LogP contribution in [0.3, 0.4) is 0 Å². The first-order valence-corrected chi connectivity index (χ1v) is 13.8. The van der Waals surface area contributed by atoms with Crippen LogP contribution >= 0.6 is 15.9 Å². The van der Waals surface area contributed by atoms with Gasteiger partial charge in [-0.25, -0.2) is 0 Å². The molecule has 0 radical (unpaired) electrons. The number of aromatic hydroxyl groups is 1. The molecule has 2 rings (SSSR count). The molecule has 0 saturated heterocycles. The number of hydrogen-bond donors (Lipinski definition) is 1. The molecule has 0 saturated carbocycles. The van der Waals surface area contributed by atoms with Crippen LogP contribution in [-0.2, 0) is 4.74 Å². The molecule has 4 nitrogen and oxygen atoms in total. The molecule has 0 unspecified atom stereocenters. The zero-order chi connectivity index (χ0) is 20.7. The van der Waals surface area contributed by atoms with E-state index in [0.717, 1.165) is 39.6 Å². The van der Waals surface area contributed by atoms with Crippen molar-refractivity contribution in [2.75, 3.05) is 20.5 Å².